The van der Waals surface area contributed by atoms with Crippen molar-refractivity contribution in [3.8, 4) is 0 Å². The van der Waals surface area contributed by atoms with Crippen molar-refractivity contribution in [2.75, 3.05) is 0 Å². The van der Waals surface area contributed by atoms with E-state index in [1.54, 1.807) is 0 Å². The molecule has 0 fully saturated rings. The molecule has 0 heterocycles. The van der Waals surface area contributed by atoms with Gasteiger partial charge in [0.15, 0.2) is 0 Å². The fourth-order valence-electron chi connectivity index (χ4n) is 0. The van der Waals surface area contributed by atoms with E-state index < -0.39 is 16.6 Å². The summed E-state index contributed by atoms with van der Waals surface area (Å²) >= 11 is 0. The van der Waals surface area contributed by atoms with Crippen molar-refractivity contribution < 1.29 is 32.5 Å². The van der Waals surface area contributed by atoms with Crippen LogP contribution in [0.15, 0.2) is 0 Å². The molecule has 0 amide bonds. The molecule has 4 N–H and O–H groups in total. The van der Waals surface area contributed by atoms with Crippen LogP contribution < -0.4 is 0 Å². The van der Waals surface area contributed by atoms with Gasteiger partial charge in [-0.1, -0.05) is 0 Å². The van der Waals surface area contributed by atoms with Crippen LogP contribution in [0.4, 0.5) is 4.79 Å². The van der Waals surface area contributed by atoms with Gasteiger partial charge in [0.1, 0.15) is 0 Å². The van der Waals surface area contributed by atoms with Crippen LogP contribution in [-0.4, -0.2) is 71.6 Å². The molecule has 0 aliphatic heterocycles. The second kappa shape index (κ2) is 10.3. The first kappa shape index (κ1) is 22.5. The molecule has 0 saturated carbocycles. The van der Waals surface area contributed by atoms with Crippen LogP contribution in [0.1, 0.15) is 0 Å². The zero-order valence-corrected chi connectivity index (χ0v) is 4.74. The van der Waals surface area contributed by atoms with Gasteiger partial charge in [-0.05, 0) is 0 Å². The summed E-state index contributed by atoms with van der Waals surface area (Å²) in [5, 5.41) is 13.9. The third-order valence-corrected chi connectivity index (χ3v) is 0. The summed E-state index contributed by atoms with van der Waals surface area (Å²) in [5.74, 6) is 0. The van der Waals surface area contributed by atoms with Gasteiger partial charge in [-0.2, -0.15) is 8.42 Å². The minimum atomic E-state index is -4.67. The van der Waals surface area contributed by atoms with Crippen molar-refractivity contribution in [1.82, 2.24) is 0 Å². The Morgan fingerprint density at radius 1 is 1.00 bits per heavy atom. The van der Waals surface area contributed by atoms with Gasteiger partial charge in [-0.25, -0.2) is 4.79 Å². The summed E-state index contributed by atoms with van der Waals surface area (Å²) in [6.45, 7) is 0. The molecule has 0 atom stereocenters. The summed E-state index contributed by atoms with van der Waals surface area (Å²) in [6.07, 6.45) is -1.83. The van der Waals surface area contributed by atoms with E-state index in [1.165, 1.54) is 0 Å². The SMILES string of the molecule is O=C(O)O.O=S(=O)(O)O.[LiH].[LiH]. The zero-order chi connectivity index (χ0) is 8.08. The molecule has 0 aromatic heterocycles. The first-order chi connectivity index (χ1) is 3.73. The van der Waals surface area contributed by atoms with Gasteiger partial charge in [-0.15, -0.1) is 0 Å². The third kappa shape index (κ3) is 6400. The fraction of sp³-hybridized carbons (Fsp3) is 0. The monoisotopic (exact) mass is 176 g/mol. The van der Waals surface area contributed by atoms with Crippen LogP contribution in [0, 0.1) is 0 Å². The maximum atomic E-state index is 8.74. The van der Waals surface area contributed by atoms with E-state index in [-0.39, 0.29) is 37.7 Å². The van der Waals surface area contributed by atoms with Crippen molar-refractivity contribution in [2.45, 2.75) is 0 Å². The minimum absolute atomic E-state index is 0. The second-order valence-electron chi connectivity index (χ2n) is 0.730. The van der Waals surface area contributed by atoms with Crippen LogP contribution in [0.2, 0.25) is 0 Å². The number of rotatable bonds is 0. The summed E-state index contributed by atoms with van der Waals surface area (Å²) in [7, 11) is -4.67. The second-order valence-corrected chi connectivity index (χ2v) is 1.63. The van der Waals surface area contributed by atoms with Crippen LogP contribution in [-0.2, 0) is 10.4 Å². The summed E-state index contributed by atoms with van der Waals surface area (Å²) < 4.78 is 31.6. The molecule has 0 bridgehead atoms. The molecular weight excluding hydrogens is 170 g/mol. The predicted molar refractivity (Wildman–Crippen MR) is 39.1 cm³/mol. The number of hydrogen-bond acceptors (Lipinski definition) is 3. The number of carbonyl (C=O) groups is 1. The van der Waals surface area contributed by atoms with Gasteiger partial charge in [0.2, 0.25) is 0 Å². The van der Waals surface area contributed by atoms with E-state index in [1.807, 2.05) is 0 Å². The van der Waals surface area contributed by atoms with Crippen LogP contribution in [0.5, 0.6) is 0 Å². The first-order valence-electron chi connectivity index (χ1n) is 1.35. The number of carboxylic acid groups (broad SMARTS) is 2. The van der Waals surface area contributed by atoms with Gasteiger partial charge >= 0.3 is 54.3 Å². The quantitative estimate of drug-likeness (QED) is 0.254. The Bertz CT molecular complexity index is 159. The average Bonchev–Trinajstić information content (AvgIpc) is 1.19. The molecular formula is CH6Li2O7S. The molecule has 60 valence electrons. The van der Waals surface area contributed by atoms with Crippen molar-refractivity contribution >= 4 is 54.3 Å². The Morgan fingerprint density at radius 2 is 1.00 bits per heavy atom. The number of hydrogen-bond donors (Lipinski definition) is 4. The van der Waals surface area contributed by atoms with Gasteiger partial charge in [0, 0.05) is 0 Å². The van der Waals surface area contributed by atoms with Crippen LogP contribution in [0.25, 0.3) is 0 Å². The molecule has 0 radical (unpaired) electrons. The maximum absolute atomic E-state index is 8.74. The fourth-order valence-corrected chi connectivity index (χ4v) is 0. The van der Waals surface area contributed by atoms with Gasteiger partial charge < -0.3 is 10.2 Å². The molecule has 11 heavy (non-hydrogen) atoms. The Balaban J connectivity index is -0.0000000383. The topological polar surface area (TPSA) is 132 Å². The van der Waals surface area contributed by atoms with Crippen molar-refractivity contribution in [1.29, 1.82) is 0 Å². The summed E-state index contributed by atoms with van der Waals surface area (Å²) in [4.78, 5) is 8.56. The molecule has 0 aromatic carbocycles. The summed E-state index contributed by atoms with van der Waals surface area (Å²) in [5.41, 5.74) is 0. The Labute approximate surface area is 86.7 Å². The molecule has 0 spiro atoms. The molecule has 0 saturated heterocycles. The predicted octanol–water partition coefficient (Wildman–Crippen LogP) is -1.73. The molecule has 7 nitrogen and oxygen atoms in total. The first-order valence-corrected chi connectivity index (χ1v) is 2.75. The Kier molecular flexibility index (Phi) is 21.1. The summed E-state index contributed by atoms with van der Waals surface area (Å²) in [6, 6.07) is 0. The van der Waals surface area contributed by atoms with E-state index in [2.05, 4.69) is 0 Å². The van der Waals surface area contributed by atoms with Crippen LogP contribution >= 0.6 is 0 Å². The van der Waals surface area contributed by atoms with Crippen molar-refractivity contribution in [2.24, 2.45) is 0 Å². The van der Waals surface area contributed by atoms with Crippen molar-refractivity contribution in [3.63, 3.8) is 0 Å². The van der Waals surface area contributed by atoms with Gasteiger partial charge in [-0.3, -0.25) is 9.11 Å². The van der Waals surface area contributed by atoms with E-state index >= 15 is 0 Å². The molecule has 0 aliphatic carbocycles. The van der Waals surface area contributed by atoms with Gasteiger partial charge in [0.25, 0.3) is 0 Å². The third-order valence-electron chi connectivity index (χ3n) is 0. The average molecular weight is 176 g/mol. The van der Waals surface area contributed by atoms with Crippen LogP contribution in [0.3, 0.4) is 0 Å². The van der Waals surface area contributed by atoms with Crippen molar-refractivity contribution in [3.05, 3.63) is 0 Å². The Hall–Kier alpha value is 0.335. The van der Waals surface area contributed by atoms with E-state index in [4.69, 9.17) is 32.5 Å². The molecule has 0 aliphatic rings. The molecule has 0 rings (SSSR count). The van der Waals surface area contributed by atoms with E-state index in [0.29, 0.717) is 0 Å². The zero-order valence-electron chi connectivity index (χ0n) is 3.92. The van der Waals surface area contributed by atoms with E-state index in [0.717, 1.165) is 0 Å². The normalized spacial score (nSPS) is 7.45. The molecule has 0 unspecified atom stereocenters. The van der Waals surface area contributed by atoms with E-state index in [9.17, 15) is 0 Å². The van der Waals surface area contributed by atoms with Gasteiger partial charge in [0.05, 0.1) is 0 Å². The standard InChI is InChI=1S/CH2O3.2Li.H2O4S.2H/c2-1(3)4;;;1-5(2,3)4;;/h(H2,2,3,4);;;(H2,1,2,3,4);;. The molecule has 10 heteroatoms. The Morgan fingerprint density at radius 3 is 1.00 bits per heavy atom. The molecule has 0 aromatic rings.